The third-order valence-corrected chi connectivity index (χ3v) is 9.42. The number of amides is 3. The smallest absolute Gasteiger partial charge is 0.324 e. The number of urea groups is 1. The minimum atomic E-state index is -3.93. The van der Waals surface area contributed by atoms with Gasteiger partial charge >= 0.3 is 16.2 Å². The first-order valence-electron chi connectivity index (χ1n) is 14.9. The zero-order valence-electron chi connectivity index (χ0n) is 26.3. The van der Waals surface area contributed by atoms with Crippen LogP contribution in [0.15, 0.2) is 54.6 Å². The van der Waals surface area contributed by atoms with Gasteiger partial charge in [-0.3, -0.25) is 15.0 Å². The average molecular weight is 640 g/mol. The Morgan fingerprint density at radius 3 is 2.31 bits per heavy atom. The van der Waals surface area contributed by atoms with E-state index in [1.807, 2.05) is 39.0 Å². The summed E-state index contributed by atoms with van der Waals surface area (Å²) in [6.07, 6.45) is 0. The van der Waals surface area contributed by atoms with Gasteiger partial charge in [0.1, 0.15) is 23.7 Å². The van der Waals surface area contributed by atoms with Crippen molar-refractivity contribution in [1.29, 1.82) is 0 Å². The van der Waals surface area contributed by atoms with E-state index in [2.05, 4.69) is 20.3 Å². The zero-order valence-corrected chi connectivity index (χ0v) is 27.1. The Labute approximate surface area is 264 Å². The van der Waals surface area contributed by atoms with Crippen molar-refractivity contribution in [2.24, 2.45) is 0 Å². The molecule has 0 saturated carbocycles. The monoisotopic (exact) mass is 639 g/mol. The van der Waals surface area contributed by atoms with E-state index in [1.165, 1.54) is 0 Å². The summed E-state index contributed by atoms with van der Waals surface area (Å²) >= 11 is 0. The van der Waals surface area contributed by atoms with Crippen LogP contribution in [0.3, 0.4) is 0 Å². The molecule has 0 unspecified atom stereocenters. The fourth-order valence-electron chi connectivity index (χ4n) is 4.97. The number of carbonyl (C=O) groups is 2. The first-order valence-corrected chi connectivity index (χ1v) is 16.3. The normalized spacial score (nSPS) is 18.4. The molecule has 1 aromatic heterocycles. The molecule has 3 N–H and O–H groups in total. The number of carbonyl (C=O) groups excluding carboxylic acids is 2. The Morgan fingerprint density at radius 2 is 1.71 bits per heavy atom. The minimum absolute atomic E-state index is 0.0198. The second-order valence-corrected chi connectivity index (χ2v) is 14.2. The van der Waals surface area contributed by atoms with Gasteiger partial charge in [-0.15, -0.1) is 0 Å². The number of nitrogens with one attached hydrogen (secondary N) is 3. The van der Waals surface area contributed by atoms with Gasteiger partial charge in [0.2, 0.25) is 0 Å². The van der Waals surface area contributed by atoms with E-state index >= 15 is 0 Å². The highest BCUT2D eigenvalue weighted by Crippen LogP contribution is 2.29. The van der Waals surface area contributed by atoms with E-state index in [1.54, 1.807) is 54.9 Å². The van der Waals surface area contributed by atoms with Crippen molar-refractivity contribution in [3.8, 4) is 11.4 Å². The lowest BCUT2D eigenvalue weighted by Gasteiger charge is -2.26. The Morgan fingerprint density at radius 1 is 1.04 bits per heavy atom. The highest BCUT2D eigenvalue weighted by molar-refractivity contribution is 7.88. The number of hydrogen-bond acceptors (Lipinski definition) is 8. The lowest BCUT2D eigenvalue weighted by Crippen LogP contribution is -2.43. The molecule has 2 aliphatic heterocycles. The van der Waals surface area contributed by atoms with Crippen LogP contribution in [0, 0.1) is 0 Å². The molecule has 2 saturated heterocycles. The Hall–Kier alpha value is -3.98. The minimum Gasteiger partial charge on any atom is -0.492 e. The summed E-state index contributed by atoms with van der Waals surface area (Å²) in [7, 11) is -3.93. The average Bonchev–Trinajstić information content (AvgIpc) is 3.47. The fourth-order valence-corrected chi connectivity index (χ4v) is 6.56. The zero-order chi connectivity index (χ0) is 32.4. The lowest BCUT2D eigenvalue weighted by atomic mass is 9.92. The highest BCUT2D eigenvalue weighted by atomic mass is 32.2. The van der Waals surface area contributed by atoms with Crippen LogP contribution in [0.2, 0.25) is 0 Å². The van der Waals surface area contributed by atoms with E-state index in [0.29, 0.717) is 29.4 Å². The molecule has 0 radical (unpaired) electrons. The van der Waals surface area contributed by atoms with Gasteiger partial charge in [0.05, 0.1) is 24.6 Å². The van der Waals surface area contributed by atoms with Gasteiger partial charge in [-0.2, -0.15) is 17.8 Å². The first-order chi connectivity index (χ1) is 21.2. The van der Waals surface area contributed by atoms with Crippen molar-refractivity contribution in [2.45, 2.75) is 52.1 Å². The number of ether oxygens (including phenoxy) is 2. The summed E-state index contributed by atoms with van der Waals surface area (Å²) in [4.78, 5) is 27.5. The van der Waals surface area contributed by atoms with E-state index in [-0.39, 0.29) is 12.0 Å². The van der Waals surface area contributed by atoms with Crippen LogP contribution < -0.4 is 20.1 Å². The molecule has 0 atom stereocenters. The molecular weight excluding hydrogens is 598 g/mol. The Kier molecular flexibility index (Phi) is 9.21. The number of aromatic nitrogens is 2. The predicted molar refractivity (Wildman–Crippen MR) is 171 cm³/mol. The van der Waals surface area contributed by atoms with Crippen LogP contribution in [0.1, 0.15) is 45.9 Å². The highest BCUT2D eigenvalue weighted by Gasteiger charge is 2.50. The van der Waals surface area contributed by atoms with E-state index < -0.39 is 27.7 Å². The van der Waals surface area contributed by atoms with Crippen molar-refractivity contribution in [3.63, 3.8) is 0 Å². The standard InChI is InChI=1S/C31H41N7O6S/c1-30(2,3)26-20-27(33-29(40)32-23-8-12-25(13-9-23)44-19-16-36-14-17-43-18-15-36)38(34-26)24-10-6-22(7-11-24)21-37-31(4,5)28(39)35-45(37,41)42/h6-13,20H,14-19,21H2,1-5H3,(H,35,39)(H2,32,33,40). The summed E-state index contributed by atoms with van der Waals surface area (Å²) in [5.41, 5.74) is 1.24. The molecule has 0 aliphatic carbocycles. The van der Waals surface area contributed by atoms with Gasteiger partial charge in [-0.25, -0.2) is 14.2 Å². The van der Waals surface area contributed by atoms with Crippen molar-refractivity contribution < 1.29 is 27.5 Å². The van der Waals surface area contributed by atoms with Gasteiger partial charge < -0.3 is 14.8 Å². The van der Waals surface area contributed by atoms with Gasteiger partial charge in [-0.05, 0) is 55.8 Å². The molecule has 2 aromatic carbocycles. The topological polar surface area (TPSA) is 147 Å². The number of nitrogens with zero attached hydrogens (tertiary/aromatic N) is 4. The maximum atomic E-state index is 13.0. The Bertz CT molecular complexity index is 1620. The van der Waals surface area contributed by atoms with E-state index in [0.717, 1.165) is 48.6 Å². The van der Waals surface area contributed by atoms with Crippen molar-refractivity contribution in [1.82, 2.24) is 23.7 Å². The van der Waals surface area contributed by atoms with Crippen LogP contribution >= 0.6 is 0 Å². The predicted octanol–water partition coefficient (Wildman–Crippen LogP) is 3.48. The molecule has 14 heteroatoms. The third kappa shape index (κ3) is 7.64. The van der Waals surface area contributed by atoms with E-state index in [9.17, 15) is 18.0 Å². The molecule has 3 heterocycles. The number of anilines is 2. The summed E-state index contributed by atoms with van der Waals surface area (Å²) < 4.78 is 41.1. The van der Waals surface area contributed by atoms with Gasteiger partial charge in [0.15, 0.2) is 0 Å². The molecule has 242 valence electrons. The maximum absolute atomic E-state index is 13.0. The Balaban J connectivity index is 1.24. The van der Waals surface area contributed by atoms with Crippen LogP contribution in [0.25, 0.3) is 5.69 Å². The maximum Gasteiger partial charge on any atom is 0.324 e. The molecule has 0 spiro atoms. The van der Waals surface area contributed by atoms with Gasteiger partial charge in [0.25, 0.3) is 5.91 Å². The van der Waals surface area contributed by atoms with Crippen LogP contribution in [-0.2, 0) is 31.7 Å². The largest absolute Gasteiger partial charge is 0.492 e. The molecule has 0 bridgehead atoms. The molecule has 5 rings (SSSR count). The lowest BCUT2D eigenvalue weighted by molar-refractivity contribution is -0.125. The summed E-state index contributed by atoms with van der Waals surface area (Å²) in [5.74, 6) is 0.619. The van der Waals surface area contributed by atoms with Crippen molar-refractivity contribution >= 4 is 33.7 Å². The summed E-state index contributed by atoms with van der Waals surface area (Å²) in [6.45, 7) is 14.0. The van der Waals surface area contributed by atoms with Crippen LogP contribution in [0.5, 0.6) is 5.75 Å². The molecule has 3 amide bonds. The molecule has 3 aromatic rings. The first kappa shape index (κ1) is 32.4. The van der Waals surface area contributed by atoms with Gasteiger partial charge in [-0.1, -0.05) is 32.9 Å². The number of morpholine rings is 1. The third-order valence-electron chi connectivity index (χ3n) is 7.81. The second kappa shape index (κ2) is 12.8. The molecule has 2 fully saturated rings. The number of benzene rings is 2. The van der Waals surface area contributed by atoms with Gasteiger partial charge in [0, 0.05) is 43.3 Å². The van der Waals surface area contributed by atoms with Crippen molar-refractivity contribution in [3.05, 3.63) is 65.9 Å². The number of hydrogen-bond donors (Lipinski definition) is 3. The van der Waals surface area contributed by atoms with Crippen LogP contribution in [0.4, 0.5) is 16.3 Å². The molecular formula is C31H41N7O6S. The SMILES string of the molecule is CC(C)(C)c1cc(NC(=O)Nc2ccc(OCCN3CCOCC3)cc2)n(-c2ccc(CN3C(C)(C)C(=O)NS3(=O)=O)cc2)n1. The molecule has 13 nitrogen and oxygen atoms in total. The molecule has 2 aliphatic rings. The van der Waals surface area contributed by atoms with E-state index in [4.69, 9.17) is 14.6 Å². The summed E-state index contributed by atoms with van der Waals surface area (Å²) in [6, 6.07) is 15.7. The second-order valence-electron chi connectivity index (χ2n) is 12.7. The quantitative estimate of drug-likeness (QED) is 0.323. The molecule has 45 heavy (non-hydrogen) atoms. The van der Waals surface area contributed by atoms with Crippen LogP contribution in [-0.4, -0.2) is 84.3 Å². The summed E-state index contributed by atoms with van der Waals surface area (Å²) in [5, 5.41) is 10.5. The fraction of sp³-hybridized carbons (Fsp3) is 0.452. The van der Waals surface area contributed by atoms with Crippen molar-refractivity contribution in [2.75, 3.05) is 50.1 Å². The number of rotatable bonds is 9.